The van der Waals surface area contributed by atoms with Crippen LogP contribution in [-0.4, -0.2) is 49.8 Å². The standard InChI is InChI=1S/C9H19BN2O/c1-9(2,3)8(13)11-4-6-12(10)7-5-11/h4-7,10H2,1-3H3. The Labute approximate surface area is 81.5 Å². The largest absolute Gasteiger partial charge is 0.346 e. The van der Waals surface area contributed by atoms with E-state index in [1.807, 2.05) is 25.7 Å². The molecule has 0 aliphatic carbocycles. The predicted molar refractivity (Wildman–Crippen MR) is 56.2 cm³/mol. The molecule has 0 aromatic carbocycles. The second kappa shape index (κ2) is 3.70. The fraction of sp³-hybridized carbons (Fsp3) is 0.889. The summed E-state index contributed by atoms with van der Waals surface area (Å²) in [5, 5.41) is 0. The molecule has 0 atom stereocenters. The molecule has 13 heavy (non-hydrogen) atoms. The summed E-state index contributed by atoms with van der Waals surface area (Å²) >= 11 is 0. The molecular formula is C9H19BN2O. The van der Waals surface area contributed by atoms with Crippen molar-refractivity contribution < 1.29 is 4.79 Å². The third-order valence-electron chi connectivity index (χ3n) is 2.43. The highest BCUT2D eigenvalue weighted by Crippen LogP contribution is 2.18. The van der Waals surface area contributed by atoms with E-state index in [-0.39, 0.29) is 11.3 Å². The summed E-state index contributed by atoms with van der Waals surface area (Å²) in [7, 11) is 2.10. The molecule has 1 aliphatic rings. The molecule has 1 rings (SSSR count). The number of rotatable bonds is 0. The maximum atomic E-state index is 11.8. The molecule has 1 fully saturated rings. The van der Waals surface area contributed by atoms with Crippen molar-refractivity contribution in [3.63, 3.8) is 0 Å². The molecule has 1 heterocycles. The van der Waals surface area contributed by atoms with Crippen LogP contribution < -0.4 is 0 Å². The molecule has 1 saturated heterocycles. The molecule has 0 N–H and O–H groups in total. The van der Waals surface area contributed by atoms with Crippen molar-refractivity contribution in [2.45, 2.75) is 20.8 Å². The van der Waals surface area contributed by atoms with Crippen molar-refractivity contribution in [2.24, 2.45) is 5.41 Å². The van der Waals surface area contributed by atoms with Crippen molar-refractivity contribution in [3.8, 4) is 0 Å². The minimum Gasteiger partial charge on any atom is -0.346 e. The van der Waals surface area contributed by atoms with Crippen LogP contribution in [0.25, 0.3) is 0 Å². The van der Waals surface area contributed by atoms with E-state index in [9.17, 15) is 4.79 Å². The third-order valence-corrected chi connectivity index (χ3v) is 2.43. The van der Waals surface area contributed by atoms with Gasteiger partial charge >= 0.3 is 0 Å². The van der Waals surface area contributed by atoms with Crippen molar-refractivity contribution in [3.05, 3.63) is 0 Å². The highest BCUT2D eigenvalue weighted by molar-refractivity contribution is 6.04. The van der Waals surface area contributed by atoms with Crippen molar-refractivity contribution in [2.75, 3.05) is 26.2 Å². The van der Waals surface area contributed by atoms with E-state index in [0.29, 0.717) is 0 Å². The van der Waals surface area contributed by atoms with Gasteiger partial charge in [0, 0.05) is 31.6 Å². The molecule has 0 unspecified atom stereocenters. The zero-order valence-electron chi connectivity index (χ0n) is 9.13. The number of nitrogens with zero attached hydrogens (tertiary/aromatic N) is 2. The van der Waals surface area contributed by atoms with Crippen molar-refractivity contribution in [1.82, 2.24) is 9.71 Å². The quantitative estimate of drug-likeness (QED) is 0.481. The van der Waals surface area contributed by atoms with Crippen LogP contribution in [-0.2, 0) is 4.79 Å². The number of hydrogen-bond acceptors (Lipinski definition) is 2. The molecule has 1 amide bonds. The number of amides is 1. The van der Waals surface area contributed by atoms with Gasteiger partial charge in [-0.2, -0.15) is 0 Å². The van der Waals surface area contributed by atoms with E-state index in [1.165, 1.54) is 0 Å². The lowest BCUT2D eigenvalue weighted by Gasteiger charge is -2.36. The van der Waals surface area contributed by atoms with Crippen LogP contribution in [0.5, 0.6) is 0 Å². The predicted octanol–water partition coefficient (Wildman–Crippen LogP) is -0.275. The van der Waals surface area contributed by atoms with E-state index in [2.05, 4.69) is 12.8 Å². The third kappa shape index (κ3) is 2.73. The first-order valence-electron chi connectivity index (χ1n) is 4.89. The smallest absolute Gasteiger partial charge is 0.228 e. The molecule has 1 aliphatic heterocycles. The molecule has 0 radical (unpaired) electrons. The minimum atomic E-state index is -0.226. The van der Waals surface area contributed by atoms with E-state index in [4.69, 9.17) is 0 Å². The van der Waals surface area contributed by atoms with Crippen LogP contribution in [0.4, 0.5) is 0 Å². The van der Waals surface area contributed by atoms with Crippen molar-refractivity contribution in [1.29, 1.82) is 0 Å². The van der Waals surface area contributed by atoms with Gasteiger partial charge in [0.2, 0.25) is 5.91 Å². The van der Waals surface area contributed by atoms with Gasteiger partial charge < -0.3 is 9.71 Å². The maximum Gasteiger partial charge on any atom is 0.228 e. The van der Waals surface area contributed by atoms with Crippen LogP contribution >= 0.6 is 0 Å². The summed E-state index contributed by atoms with van der Waals surface area (Å²) in [6, 6.07) is 0. The van der Waals surface area contributed by atoms with Gasteiger partial charge in [-0.3, -0.25) is 4.79 Å². The minimum absolute atomic E-state index is 0.226. The Morgan fingerprint density at radius 3 is 2.00 bits per heavy atom. The van der Waals surface area contributed by atoms with Gasteiger partial charge in [-0.25, -0.2) is 0 Å². The highest BCUT2D eigenvalue weighted by atomic mass is 16.2. The Morgan fingerprint density at radius 2 is 1.62 bits per heavy atom. The molecule has 0 spiro atoms. The second-order valence-corrected chi connectivity index (χ2v) is 4.85. The Balaban J connectivity index is 2.50. The van der Waals surface area contributed by atoms with Crippen LogP contribution in [0.15, 0.2) is 0 Å². The molecule has 0 aromatic heterocycles. The molecule has 4 heteroatoms. The van der Waals surface area contributed by atoms with E-state index >= 15 is 0 Å². The molecule has 0 aromatic rings. The number of piperazine rings is 1. The topological polar surface area (TPSA) is 23.6 Å². The number of carbonyl (C=O) groups is 1. The van der Waals surface area contributed by atoms with Crippen LogP contribution in [0, 0.1) is 5.41 Å². The van der Waals surface area contributed by atoms with Gasteiger partial charge in [0.05, 0.1) is 0 Å². The molecule has 3 nitrogen and oxygen atoms in total. The summed E-state index contributed by atoms with van der Waals surface area (Å²) in [5.74, 6) is 0.278. The lowest BCUT2D eigenvalue weighted by atomic mass is 9.94. The Bertz CT molecular complexity index is 192. The van der Waals surface area contributed by atoms with Gasteiger partial charge in [-0.15, -0.1) is 0 Å². The molecule has 0 saturated carbocycles. The SMILES string of the molecule is BN1CCN(C(=O)C(C)(C)C)CC1. The second-order valence-electron chi connectivity index (χ2n) is 4.85. The van der Waals surface area contributed by atoms with Gasteiger partial charge in [-0.05, 0) is 0 Å². The lowest BCUT2D eigenvalue weighted by molar-refractivity contribution is -0.140. The Hall–Kier alpha value is -0.505. The fourth-order valence-electron chi connectivity index (χ4n) is 1.48. The van der Waals surface area contributed by atoms with Crippen molar-refractivity contribution >= 4 is 13.9 Å². The average Bonchev–Trinajstić information content (AvgIpc) is 2.03. The molecule has 0 bridgehead atoms. The van der Waals surface area contributed by atoms with Gasteiger partial charge in [0.15, 0.2) is 7.98 Å². The zero-order valence-corrected chi connectivity index (χ0v) is 9.13. The van der Waals surface area contributed by atoms with Crippen LogP contribution in [0.1, 0.15) is 20.8 Å². The lowest BCUT2D eigenvalue weighted by Crippen LogP contribution is -2.50. The summed E-state index contributed by atoms with van der Waals surface area (Å²) in [6.07, 6.45) is 0. The molecular weight excluding hydrogens is 163 g/mol. The summed E-state index contributed by atoms with van der Waals surface area (Å²) in [4.78, 5) is 16.1. The first-order chi connectivity index (χ1) is 5.91. The van der Waals surface area contributed by atoms with E-state index in [0.717, 1.165) is 26.2 Å². The zero-order chi connectivity index (χ0) is 10.1. The van der Waals surface area contributed by atoms with Crippen LogP contribution in [0.3, 0.4) is 0 Å². The number of hydrogen-bond donors (Lipinski definition) is 0. The highest BCUT2D eigenvalue weighted by Gasteiger charge is 2.28. The van der Waals surface area contributed by atoms with E-state index in [1.54, 1.807) is 0 Å². The van der Waals surface area contributed by atoms with Gasteiger partial charge in [-0.1, -0.05) is 20.8 Å². The average molecular weight is 182 g/mol. The van der Waals surface area contributed by atoms with Gasteiger partial charge in [0.1, 0.15) is 0 Å². The monoisotopic (exact) mass is 182 g/mol. The summed E-state index contributed by atoms with van der Waals surface area (Å²) < 4.78 is 0. The first-order valence-corrected chi connectivity index (χ1v) is 4.89. The van der Waals surface area contributed by atoms with Gasteiger partial charge in [0.25, 0.3) is 0 Å². The maximum absolute atomic E-state index is 11.8. The molecule has 74 valence electrons. The van der Waals surface area contributed by atoms with Crippen LogP contribution in [0.2, 0.25) is 0 Å². The Kier molecular flexibility index (Phi) is 3.01. The summed E-state index contributed by atoms with van der Waals surface area (Å²) in [5.41, 5.74) is -0.226. The summed E-state index contributed by atoms with van der Waals surface area (Å²) in [6.45, 7) is 9.71. The fourth-order valence-corrected chi connectivity index (χ4v) is 1.48. The normalized spacial score (nSPS) is 20.4. The van der Waals surface area contributed by atoms with E-state index < -0.39 is 0 Å². The number of carbonyl (C=O) groups excluding carboxylic acids is 1. The Morgan fingerprint density at radius 1 is 1.15 bits per heavy atom. The first kappa shape index (κ1) is 10.6.